The van der Waals surface area contributed by atoms with Crippen molar-refractivity contribution < 1.29 is 0 Å². The molecule has 0 nitrogen and oxygen atoms in total. The van der Waals surface area contributed by atoms with Crippen molar-refractivity contribution in [1.29, 1.82) is 0 Å². The predicted octanol–water partition coefficient (Wildman–Crippen LogP) is 13.0. The van der Waals surface area contributed by atoms with Crippen LogP contribution in [-0.2, 0) is 37.4 Å². The SMILES string of the molecule is CC(C)(C)c1cc(C(C)(C)C)cc(C(Cl)(c2cc(C(C)(C)C)cc(C(C)(C)C)c2)c2cc(C(C)(C)C)cc(C(C)(C)C)c2)c1. The highest BCUT2D eigenvalue weighted by atomic mass is 35.5. The highest BCUT2D eigenvalue weighted by Crippen LogP contribution is 2.49. The molecule has 0 aromatic heterocycles. The first kappa shape index (κ1) is 36.4. The fourth-order valence-electron chi connectivity index (χ4n) is 5.58. The summed E-state index contributed by atoms with van der Waals surface area (Å²) in [5.41, 5.74) is 11.2. The van der Waals surface area contributed by atoms with Gasteiger partial charge in [-0.2, -0.15) is 0 Å². The largest absolute Gasteiger partial charge is 0.119 e. The van der Waals surface area contributed by atoms with Crippen LogP contribution in [0.4, 0.5) is 0 Å². The van der Waals surface area contributed by atoms with Gasteiger partial charge in [0, 0.05) is 0 Å². The third-order valence-electron chi connectivity index (χ3n) is 9.19. The molecule has 3 aromatic carbocycles. The van der Waals surface area contributed by atoms with Gasteiger partial charge in [0.2, 0.25) is 0 Å². The molecule has 0 aliphatic heterocycles. The van der Waals surface area contributed by atoms with E-state index in [9.17, 15) is 0 Å². The van der Waals surface area contributed by atoms with Gasteiger partial charge in [-0.15, -0.1) is 11.6 Å². The van der Waals surface area contributed by atoms with Crippen molar-refractivity contribution in [3.8, 4) is 0 Å². The van der Waals surface area contributed by atoms with Crippen LogP contribution in [0.3, 0.4) is 0 Å². The molecule has 3 rings (SSSR count). The topological polar surface area (TPSA) is 0 Å². The third-order valence-corrected chi connectivity index (χ3v) is 9.84. The third kappa shape index (κ3) is 7.84. The molecule has 0 spiro atoms. The molecule has 0 saturated carbocycles. The van der Waals surface area contributed by atoms with Crippen LogP contribution in [0.2, 0.25) is 0 Å². The normalized spacial score (nSPS) is 14.2. The summed E-state index contributed by atoms with van der Waals surface area (Å²) in [7, 11) is 0. The van der Waals surface area contributed by atoms with Gasteiger partial charge in [0.15, 0.2) is 0 Å². The molecule has 0 aliphatic carbocycles. The van der Waals surface area contributed by atoms with E-state index in [1.807, 2.05) is 0 Å². The van der Waals surface area contributed by atoms with E-state index >= 15 is 0 Å². The molecule has 1 heteroatoms. The number of hydrogen-bond donors (Lipinski definition) is 0. The van der Waals surface area contributed by atoms with Gasteiger partial charge in [0.1, 0.15) is 4.87 Å². The fraction of sp³-hybridized carbons (Fsp3) is 0.581. The second kappa shape index (κ2) is 11.3. The van der Waals surface area contributed by atoms with Gasteiger partial charge in [0.05, 0.1) is 0 Å². The van der Waals surface area contributed by atoms with Crippen LogP contribution in [0.25, 0.3) is 0 Å². The van der Waals surface area contributed by atoms with Crippen molar-refractivity contribution in [2.45, 2.75) is 162 Å². The van der Waals surface area contributed by atoms with Gasteiger partial charge in [-0.3, -0.25) is 0 Å². The molecule has 44 heavy (non-hydrogen) atoms. The summed E-state index contributed by atoms with van der Waals surface area (Å²) in [6.45, 7) is 41.6. The van der Waals surface area contributed by atoms with Crippen molar-refractivity contribution in [2.75, 3.05) is 0 Å². The van der Waals surface area contributed by atoms with Gasteiger partial charge in [-0.25, -0.2) is 0 Å². The van der Waals surface area contributed by atoms with Gasteiger partial charge >= 0.3 is 0 Å². The van der Waals surface area contributed by atoms with Crippen molar-refractivity contribution in [3.63, 3.8) is 0 Å². The van der Waals surface area contributed by atoms with Crippen LogP contribution in [0.5, 0.6) is 0 Å². The molecule has 242 valence electrons. The van der Waals surface area contributed by atoms with Gasteiger partial charge < -0.3 is 0 Å². The Bertz CT molecular complexity index is 1210. The first-order valence-electron chi connectivity index (χ1n) is 16.6. The van der Waals surface area contributed by atoms with Crippen LogP contribution in [0.1, 0.15) is 175 Å². The molecule has 0 bridgehead atoms. The van der Waals surface area contributed by atoms with Gasteiger partial charge in [-0.1, -0.05) is 179 Å². The van der Waals surface area contributed by atoms with Crippen molar-refractivity contribution in [3.05, 3.63) is 105 Å². The van der Waals surface area contributed by atoms with Crippen LogP contribution in [0, 0.1) is 0 Å². The van der Waals surface area contributed by atoms with Gasteiger partial charge in [-0.05, 0) is 82.6 Å². The number of benzene rings is 3. The molecule has 0 aliphatic rings. The molecule has 0 amide bonds. The Kier molecular flexibility index (Phi) is 9.38. The molecule has 0 unspecified atom stereocenters. The number of rotatable bonds is 3. The van der Waals surface area contributed by atoms with Crippen LogP contribution >= 0.6 is 11.6 Å². The molecule has 0 atom stereocenters. The van der Waals surface area contributed by atoms with E-state index in [4.69, 9.17) is 11.6 Å². The Morgan fingerprint density at radius 3 is 0.477 bits per heavy atom. The molecule has 3 aromatic rings. The number of alkyl halides is 1. The van der Waals surface area contributed by atoms with Crippen LogP contribution in [-0.4, -0.2) is 0 Å². The molecular weight excluding hydrogens is 552 g/mol. The van der Waals surface area contributed by atoms with E-state index in [0.29, 0.717) is 0 Å². The standard InChI is InChI=1S/C43H63Cl/c1-37(2,3)28-19-29(38(4,5)6)23-34(22-28)43(44,35-24-30(39(7,8)9)20-31(25-35)40(10,11)12)36-26-32(41(13,14)15)21-33(27-36)42(16,17)18/h19-27H,1-18H3. The number of halogens is 1. The quantitative estimate of drug-likeness (QED) is 0.203. The summed E-state index contributed by atoms with van der Waals surface area (Å²) in [6.07, 6.45) is 0. The second-order valence-electron chi connectivity index (χ2n) is 19.6. The first-order chi connectivity index (χ1) is 19.4. The molecule has 0 radical (unpaired) electrons. The van der Waals surface area contributed by atoms with E-state index in [1.54, 1.807) is 0 Å². The summed E-state index contributed by atoms with van der Waals surface area (Å²) in [6, 6.07) is 21.6. The number of hydrogen-bond acceptors (Lipinski definition) is 0. The summed E-state index contributed by atoms with van der Waals surface area (Å²) in [5, 5.41) is 0. The lowest BCUT2D eigenvalue weighted by atomic mass is 9.71. The van der Waals surface area contributed by atoms with Crippen molar-refractivity contribution >= 4 is 11.6 Å². The fourth-order valence-corrected chi connectivity index (χ4v) is 5.90. The molecular formula is C43H63Cl. The first-order valence-corrected chi connectivity index (χ1v) is 17.0. The summed E-state index contributed by atoms with van der Waals surface area (Å²) in [4.78, 5) is -0.899. The average molecular weight is 615 g/mol. The molecule has 0 saturated heterocycles. The highest BCUT2D eigenvalue weighted by molar-refractivity contribution is 6.28. The van der Waals surface area contributed by atoms with E-state index < -0.39 is 4.87 Å². The summed E-state index contributed by atoms with van der Waals surface area (Å²) >= 11 is 8.45. The predicted molar refractivity (Wildman–Crippen MR) is 197 cm³/mol. The lowest BCUT2D eigenvalue weighted by Gasteiger charge is -2.37. The maximum absolute atomic E-state index is 8.45. The maximum Gasteiger partial charge on any atom is 0.119 e. The minimum absolute atomic E-state index is 0.0263. The summed E-state index contributed by atoms with van der Waals surface area (Å²) in [5.74, 6) is 0. The van der Waals surface area contributed by atoms with E-state index in [0.717, 1.165) is 16.7 Å². The Morgan fingerprint density at radius 1 is 0.250 bits per heavy atom. The molecule has 0 heterocycles. The minimum Gasteiger partial charge on any atom is -0.104 e. The van der Waals surface area contributed by atoms with E-state index in [2.05, 4.69) is 179 Å². The summed E-state index contributed by atoms with van der Waals surface area (Å²) < 4.78 is 0. The van der Waals surface area contributed by atoms with Gasteiger partial charge in [0.25, 0.3) is 0 Å². The van der Waals surface area contributed by atoms with Crippen molar-refractivity contribution in [1.82, 2.24) is 0 Å². The zero-order chi connectivity index (χ0) is 34.1. The Morgan fingerprint density at radius 2 is 0.364 bits per heavy atom. The van der Waals surface area contributed by atoms with E-state index in [-0.39, 0.29) is 32.5 Å². The lowest BCUT2D eigenvalue weighted by Crippen LogP contribution is -2.29. The van der Waals surface area contributed by atoms with E-state index in [1.165, 1.54) is 33.4 Å². The maximum atomic E-state index is 8.45. The Labute approximate surface area is 277 Å². The van der Waals surface area contributed by atoms with Crippen LogP contribution in [0.15, 0.2) is 54.6 Å². The lowest BCUT2D eigenvalue weighted by molar-refractivity contribution is 0.560. The zero-order valence-electron chi connectivity index (χ0n) is 31.6. The zero-order valence-corrected chi connectivity index (χ0v) is 32.3. The molecule has 0 fully saturated rings. The Balaban J connectivity index is 2.68. The minimum atomic E-state index is -0.899. The molecule has 0 N–H and O–H groups in total. The second-order valence-corrected chi connectivity index (χ2v) is 20.1. The smallest absolute Gasteiger partial charge is 0.104 e. The van der Waals surface area contributed by atoms with Crippen LogP contribution < -0.4 is 0 Å². The Hall–Kier alpha value is -2.05. The highest BCUT2D eigenvalue weighted by Gasteiger charge is 2.39. The average Bonchev–Trinajstić information content (AvgIpc) is 2.84. The van der Waals surface area contributed by atoms with Crippen molar-refractivity contribution in [2.24, 2.45) is 0 Å². The monoisotopic (exact) mass is 614 g/mol.